The highest BCUT2D eigenvalue weighted by atomic mass is 19.1. The molecular weight excluding hydrogens is 210 g/mol. The second-order valence-electron chi connectivity index (χ2n) is 4.47. The molecule has 1 saturated carbocycles. The zero-order valence-corrected chi connectivity index (χ0v) is 8.76. The summed E-state index contributed by atoms with van der Waals surface area (Å²) in [6, 6.07) is 2.16. The molecule has 1 fully saturated rings. The molecule has 0 radical (unpaired) electrons. The molecule has 0 bridgehead atoms. The minimum absolute atomic E-state index is 0.246. The van der Waals surface area contributed by atoms with Crippen molar-refractivity contribution in [3.05, 3.63) is 29.6 Å². The molecule has 0 atom stereocenters. The van der Waals surface area contributed by atoms with Gasteiger partial charge in [-0.05, 0) is 12.0 Å². The second-order valence-corrected chi connectivity index (χ2v) is 4.47. The van der Waals surface area contributed by atoms with Crippen LogP contribution in [0.2, 0.25) is 0 Å². The van der Waals surface area contributed by atoms with E-state index < -0.39 is 11.6 Å². The Balaban J connectivity index is 1.98. The third-order valence-electron chi connectivity index (χ3n) is 3.26. The fourth-order valence-electron chi connectivity index (χ4n) is 2.16. The van der Waals surface area contributed by atoms with E-state index in [-0.39, 0.29) is 5.52 Å². The van der Waals surface area contributed by atoms with Gasteiger partial charge in [0.15, 0.2) is 5.82 Å². The number of H-pyrrole nitrogens is 1. The van der Waals surface area contributed by atoms with Crippen molar-refractivity contribution in [3.63, 3.8) is 0 Å². The lowest BCUT2D eigenvalue weighted by atomic mass is 9.83. The number of aromatic nitrogens is 2. The standard InChI is InChI=1S/C12H12F2N2/c13-8-5-9(14)12-10(6-8)15-11(16-12)4-7-2-1-3-7/h5-7H,1-4H2,(H,15,16). The fourth-order valence-corrected chi connectivity index (χ4v) is 2.16. The third-order valence-corrected chi connectivity index (χ3v) is 3.26. The number of rotatable bonds is 2. The van der Waals surface area contributed by atoms with Gasteiger partial charge in [-0.2, -0.15) is 0 Å². The van der Waals surface area contributed by atoms with E-state index in [1.165, 1.54) is 25.3 Å². The second kappa shape index (κ2) is 3.54. The molecule has 0 aliphatic heterocycles. The number of hydrogen-bond acceptors (Lipinski definition) is 1. The van der Waals surface area contributed by atoms with Crippen molar-refractivity contribution in [1.29, 1.82) is 0 Å². The van der Waals surface area contributed by atoms with Crippen LogP contribution in [-0.4, -0.2) is 9.97 Å². The highest BCUT2D eigenvalue weighted by Crippen LogP contribution is 2.29. The summed E-state index contributed by atoms with van der Waals surface area (Å²) < 4.78 is 26.3. The van der Waals surface area contributed by atoms with Crippen LogP contribution in [0.25, 0.3) is 11.0 Å². The summed E-state index contributed by atoms with van der Waals surface area (Å²) in [5.74, 6) is 0.271. The molecule has 16 heavy (non-hydrogen) atoms. The minimum atomic E-state index is -0.592. The van der Waals surface area contributed by atoms with Crippen LogP contribution in [0.4, 0.5) is 8.78 Å². The number of imidazole rings is 1. The van der Waals surface area contributed by atoms with Crippen LogP contribution in [0.15, 0.2) is 12.1 Å². The number of fused-ring (bicyclic) bond motifs is 1. The number of nitrogens with one attached hydrogen (secondary N) is 1. The lowest BCUT2D eigenvalue weighted by Gasteiger charge is -2.23. The van der Waals surface area contributed by atoms with Crippen LogP contribution < -0.4 is 0 Å². The molecule has 0 spiro atoms. The summed E-state index contributed by atoms with van der Waals surface area (Å²) in [6.45, 7) is 0. The molecule has 1 N–H and O–H groups in total. The number of halogens is 2. The largest absolute Gasteiger partial charge is 0.342 e. The Morgan fingerprint density at radius 2 is 2.12 bits per heavy atom. The normalized spacial score (nSPS) is 16.6. The average molecular weight is 222 g/mol. The van der Waals surface area contributed by atoms with Gasteiger partial charge in [-0.3, -0.25) is 0 Å². The Hall–Kier alpha value is -1.45. The lowest BCUT2D eigenvalue weighted by Crippen LogP contribution is -2.14. The van der Waals surface area contributed by atoms with Crippen molar-refractivity contribution in [3.8, 4) is 0 Å². The van der Waals surface area contributed by atoms with Gasteiger partial charge in [0.2, 0.25) is 0 Å². The van der Waals surface area contributed by atoms with Crippen LogP contribution in [0.1, 0.15) is 25.1 Å². The summed E-state index contributed by atoms with van der Waals surface area (Å²) in [5, 5.41) is 0. The summed E-state index contributed by atoms with van der Waals surface area (Å²) in [6.07, 6.45) is 4.55. The first kappa shape index (κ1) is 9.75. The van der Waals surface area contributed by atoms with E-state index in [1.54, 1.807) is 0 Å². The molecule has 0 amide bonds. The Kier molecular flexibility index (Phi) is 2.16. The quantitative estimate of drug-likeness (QED) is 0.830. The molecule has 2 aromatic rings. The molecule has 1 heterocycles. The summed E-state index contributed by atoms with van der Waals surface area (Å²) >= 11 is 0. The predicted octanol–water partition coefficient (Wildman–Crippen LogP) is 3.18. The van der Waals surface area contributed by atoms with Crippen molar-refractivity contribution in [2.24, 2.45) is 5.92 Å². The molecule has 84 valence electrons. The number of nitrogens with zero attached hydrogens (tertiary/aromatic N) is 1. The van der Waals surface area contributed by atoms with E-state index in [0.29, 0.717) is 11.4 Å². The predicted molar refractivity (Wildman–Crippen MR) is 57.1 cm³/mol. The van der Waals surface area contributed by atoms with E-state index in [0.717, 1.165) is 18.3 Å². The summed E-state index contributed by atoms with van der Waals surface area (Å²) in [4.78, 5) is 7.16. The zero-order chi connectivity index (χ0) is 11.1. The van der Waals surface area contributed by atoms with Crippen molar-refractivity contribution in [2.75, 3.05) is 0 Å². The van der Waals surface area contributed by atoms with E-state index in [2.05, 4.69) is 9.97 Å². The first-order valence-corrected chi connectivity index (χ1v) is 5.56. The van der Waals surface area contributed by atoms with Crippen molar-refractivity contribution < 1.29 is 8.78 Å². The van der Waals surface area contributed by atoms with E-state index in [1.807, 2.05) is 0 Å². The van der Waals surface area contributed by atoms with Crippen LogP contribution in [0.5, 0.6) is 0 Å². The smallest absolute Gasteiger partial charge is 0.153 e. The maximum absolute atomic E-state index is 13.4. The first-order valence-electron chi connectivity index (χ1n) is 5.56. The summed E-state index contributed by atoms with van der Waals surface area (Å²) in [5.41, 5.74) is 0.697. The van der Waals surface area contributed by atoms with Crippen molar-refractivity contribution in [2.45, 2.75) is 25.7 Å². The van der Waals surface area contributed by atoms with Crippen molar-refractivity contribution >= 4 is 11.0 Å². The molecule has 1 aromatic carbocycles. The molecule has 4 heteroatoms. The number of aromatic amines is 1. The minimum Gasteiger partial charge on any atom is -0.342 e. The van der Waals surface area contributed by atoms with Crippen LogP contribution in [0, 0.1) is 17.6 Å². The van der Waals surface area contributed by atoms with E-state index in [9.17, 15) is 8.78 Å². The maximum atomic E-state index is 13.4. The monoisotopic (exact) mass is 222 g/mol. The maximum Gasteiger partial charge on any atom is 0.153 e. The SMILES string of the molecule is Fc1cc(F)c2nc(CC3CCC3)[nH]c2c1. The molecule has 2 nitrogen and oxygen atoms in total. The lowest BCUT2D eigenvalue weighted by molar-refractivity contribution is 0.310. The van der Waals surface area contributed by atoms with E-state index >= 15 is 0 Å². The van der Waals surface area contributed by atoms with E-state index in [4.69, 9.17) is 0 Å². The van der Waals surface area contributed by atoms with Gasteiger partial charge in [0.05, 0.1) is 5.52 Å². The molecule has 0 unspecified atom stereocenters. The number of hydrogen-bond donors (Lipinski definition) is 1. The topological polar surface area (TPSA) is 28.7 Å². The highest BCUT2D eigenvalue weighted by Gasteiger charge is 2.20. The zero-order valence-electron chi connectivity index (χ0n) is 8.76. The Labute approximate surface area is 91.7 Å². The average Bonchev–Trinajstić information content (AvgIpc) is 2.54. The Bertz CT molecular complexity index is 529. The molecular formula is C12H12F2N2. The Morgan fingerprint density at radius 1 is 1.31 bits per heavy atom. The van der Waals surface area contributed by atoms with Gasteiger partial charge < -0.3 is 4.98 Å². The van der Waals surface area contributed by atoms with Gasteiger partial charge in [-0.25, -0.2) is 13.8 Å². The molecule has 3 rings (SSSR count). The van der Waals surface area contributed by atoms with Gasteiger partial charge in [0.25, 0.3) is 0 Å². The van der Waals surface area contributed by atoms with Crippen LogP contribution >= 0.6 is 0 Å². The Morgan fingerprint density at radius 3 is 2.81 bits per heavy atom. The summed E-state index contributed by atoms with van der Waals surface area (Å²) in [7, 11) is 0. The van der Waals surface area contributed by atoms with Gasteiger partial charge in [0, 0.05) is 12.5 Å². The first-order chi connectivity index (χ1) is 7.72. The molecule has 1 aliphatic rings. The highest BCUT2D eigenvalue weighted by molar-refractivity contribution is 5.75. The third kappa shape index (κ3) is 1.58. The van der Waals surface area contributed by atoms with Gasteiger partial charge in [-0.1, -0.05) is 19.3 Å². The van der Waals surface area contributed by atoms with Gasteiger partial charge in [-0.15, -0.1) is 0 Å². The number of benzene rings is 1. The molecule has 1 aromatic heterocycles. The molecule has 0 saturated heterocycles. The fraction of sp³-hybridized carbons (Fsp3) is 0.417. The van der Waals surface area contributed by atoms with Crippen molar-refractivity contribution in [1.82, 2.24) is 9.97 Å². The van der Waals surface area contributed by atoms with Crippen LogP contribution in [0.3, 0.4) is 0 Å². The van der Waals surface area contributed by atoms with Gasteiger partial charge >= 0.3 is 0 Å². The molecule has 1 aliphatic carbocycles. The van der Waals surface area contributed by atoms with Gasteiger partial charge in [0.1, 0.15) is 17.2 Å². The van der Waals surface area contributed by atoms with Crippen LogP contribution in [-0.2, 0) is 6.42 Å².